The zero-order valence-electron chi connectivity index (χ0n) is 16.4. The van der Waals surface area contributed by atoms with E-state index in [4.69, 9.17) is 4.98 Å². The number of pyridine rings is 1. The first kappa shape index (κ1) is 19.7. The summed E-state index contributed by atoms with van der Waals surface area (Å²) in [5.74, 6) is 1.29. The van der Waals surface area contributed by atoms with Crippen LogP contribution in [0.25, 0.3) is 10.9 Å². The van der Waals surface area contributed by atoms with Crippen molar-refractivity contribution < 1.29 is 0 Å². The normalized spacial score (nSPS) is 13.7. The second-order valence-corrected chi connectivity index (χ2v) is 7.53. The van der Waals surface area contributed by atoms with Crippen LogP contribution in [0.2, 0.25) is 0 Å². The maximum atomic E-state index is 4.98. The van der Waals surface area contributed by atoms with E-state index in [1.165, 1.54) is 68.0 Å². The molecule has 0 saturated heterocycles. The molecule has 0 bridgehead atoms. The van der Waals surface area contributed by atoms with Gasteiger partial charge in [-0.3, -0.25) is 4.98 Å². The van der Waals surface area contributed by atoms with Crippen LogP contribution in [0.1, 0.15) is 83.7 Å². The SMILES string of the molecule is C=C(C)C(CCC)CCCC(CCCC)c1ccc2ccccc2n1. The first-order valence-corrected chi connectivity index (χ1v) is 10.2. The summed E-state index contributed by atoms with van der Waals surface area (Å²) in [5.41, 5.74) is 3.78. The van der Waals surface area contributed by atoms with Crippen molar-refractivity contribution in [2.75, 3.05) is 0 Å². The van der Waals surface area contributed by atoms with Crippen molar-refractivity contribution in [2.45, 2.75) is 78.1 Å². The molecule has 0 saturated carbocycles. The maximum absolute atomic E-state index is 4.98. The molecule has 0 amide bonds. The number of hydrogen-bond donors (Lipinski definition) is 0. The monoisotopic (exact) mass is 337 g/mol. The van der Waals surface area contributed by atoms with Gasteiger partial charge < -0.3 is 0 Å². The Labute approximate surface area is 154 Å². The zero-order chi connectivity index (χ0) is 18.1. The Bertz CT molecular complexity index is 658. The highest BCUT2D eigenvalue weighted by Crippen LogP contribution is 2.30. The van der Waals surface area contributed by atoms with Crippen LogP contribution in [0, 0.1) is 5.92 Å². The Morgan fingerprint density at radius 2 is 1.68 bits per heavy atom. The number of rotatable bonds is 11. The largest absolute Gasteiger partial charge is 0.253 e. The molecule has 1 nitrogen and oxygen atoms in total. The number of benzene rings is 1. The van der Waals surface area contributed by atoms with E-state index in [0.717, 1.165) is 5.52 Å². The molecule has 1 aromatic heterocycles. The highest BCUT2D eigenvalue weighted by molar-refractivity contribution is 5.78. The smallest absolute Gasteiger partial charge is 0.0705 e. The summed E-state index contributed by atoms with van der Waals surface area (Å²) in [7, 11) is 0. The Morgan fingerprint density at radius 3 is 2.40 bits per heavy atom. The van der Waals surface area contributed by atoms with Crippen LogP contribution in [-0.2, 0) is 0 Å². The van der Waals surface area contributed by atoms with E-state index < -0.39 is 0 Å². The lowest BCUT2D eigenvalue weighted by molar-refractivity contribution is 0.446. The number of aromatic nitrogens is 1. The molecule has 1 heteroatoms. The minimum absolute atomic E-state index is 0.594. The molecule has 0 aliphatic heterocycles. The molecule has 0 spiro atoms. The summed E-state index contributed by atoms with van der Waals surface area (Å²) in [6.07, 6.45) is 10.1. The predicted molar refractivity (Wildman–Crippen MR) is 111 cm³/mol. The van der Waals surface area contributed by atoms with Gasteiger partial charge in [-0.2, -0.15) is 0 Å². The van der Waals surface area contributed by atoms with E-state index in [9.17, 15) is 0 Å². The first-order valence-electron chi connectivity index (χ1n) is 10.2. The van der Waals surface area contributed by atoms with Crippen LogP contribution >= 0.6 is 0 Å². The summed E-state index contributed by atoms with van der Waals surface area (Å²) in [5, 5.41) is 1.24. The van der Waals surface area contributed by atoms with Crippen molar-refractivity contribution in [2.24, 2.45) is 5.92 Å². The van der Waals surface area contributed by atoms with Gasteiger partial charge in [-0.15, -0.1) is 0 Å². The van der Waals surface area contributed by atoms with Crippen molar-refractivity contribution in [3.63, 3.8) is 0 Å². The van der Waals surface area contributed by atoms with Crippen LogP contribution in [0.5, 0.6) is 0 Å². The average Bonchev–Trinajstić information content (AvgIpc) is 2.63. The second-order valence-electron chi connectivity index (χ2n) is 7.53. The molecule has 0 aliphatic rings. The third-order valence-electron chi connectivity index (χ3n) is 5.38. The van der Waals surface area contributed by atoms with E-state index in [-0.39, 0.29) is 0 Å². The first-order chi connectivity index (χ1) is 12.2. The minimum Gasteiger partial charge on any atom is -0.253 e. The van der Waals surface area contributed by atoms with Gasteiger partial charge in [-0.05, 0) is 50.7 Å². The van der Waals surface area contributed by atoms with Crippen LogP contribution in [0.4, 0.5) is 0 Å². The molecule has 0 radical (unpaired) electrons. The number of allylic oxidation sites excluding steroid dienone is 1. The molecule has 0 N–H and O–H groups in total. The van der Waals surface area contributed by atoms with Gasteiger partial charge in [0.15, 0.2) is 0 Å². The van der Waals surface area contributed by atoms with Crippen LogP contribution in [-0.4, -0.2) is 4.98 Å². The summed E-state index contributed by atoms with van der Waals surface area (Å²) in [6, 6.07) is 12.9. The molecule has 2 unspecified atom stereocenters. The summed E-state index contributed by atoms with van der Waals surface area (Å²) in [4.78, 5) is 4.98. The van der Waals surface area contributed by atoms with Crippen molar-refractivity contribution in [3.8, 4) is 0 Å². The second kappa shape index (κ2) is 10.4. The molecule has 136 valence electrons. The molecular weight excluding hydrogens is 302 g/mol. The fraction of sp³-hybridized carbons (Fsp3) is 0.542. The number of unbranched alkanes of at least 4 members (excludes halogenated alkanes) is 1. The van der Waals surface area contributed by atoms with Crippen molar-refractivity contribution >= 4 is 10.9 Å². The topological polar surface area (TPSA) is 12.9 Å². The minimum atomic E-state index is 0.594. The van der Waals surface area contributed by atoms with Gasteiger partial charge in [0.25, 0.3) is 0 Å². The van der Waals surface area contributed by atoms with Crippen LogP contribution in [0.3, 0.4) is 0 Å². The standard InChI is InChI=1S/C24H35N/c1-5-7-12-21(15-10-14-20(11-6-2)19(3)4)24-18-17-22-13-8-9-16-23(22)25-24/h8-9,13,16-18,20-21H,3,5-7,10-12,14-15H2,1-2,4H3. The molecule has 2 rings (SSSR count). The van der Waals surface area contributed by atoms with Crippen LogP contribution < -0.4 is 0 Å². The van der Waals surface area contributed by atoms with E-state index in [2.05, 4.69) is 63.7 Å². The molecule has 1 aromatic carbocycles. The molecule has 25 heavy (non-hydrogen) atoms. The highest BCUT2D eigenvalue weighted by atomic mass is 14.7. The molecule has 1 heterocycles. The number of fused-ring (bicyclic) bond motifs is 1. The van der Waals surface area contributed by atoms with Crippen molar-refractivity contribution in [3.05, 3.63) is 54.2 Å². The maximum Gasteiger partial charge on any atom is 0.0705 e. The van der Waals surface area contributed by atoms with E-state index >= 15 is 0 Å². The zero-order valence-corrected chi connectivity index (χ0v) is 16.4. The summed E-state index contributed by atoms with van der Waals surface area (Å²) >= 11 is 0. The van der Waals surface area contributed by atoms with E-state index in [1.54, 1.807) is 0 Å². The Balaban J connectivity index is 2.05. The third-order valence-corrected chi connectivity index (χ3v) is 5.38. The van der Waals surface area contributed by atoms with Crippen molar-refractivity contribution in [1.82, 2.24) is 4.98 Å². The number of hydrogen-bond acceptors (Lipinski definition) is 1. The van der Waals surface area contributed by atoms with Crippen LogP contribution in [0.15, 0.2) is 48.6 Å². The van der Waals surface area contributed by atoms with Gasteiger partial charge >= 0.3 is 0 Å². The third kappa shape index (κ3) is 5.99. The Kier molecular flexibility index (Phi) is 8.18. The van der Waals surface area contributed by atoms with Gasteiger partial charge in [0.05, 0.1) is 5.52 Å². The summed E-state index contributed by atoms with van der Waals surface area (Å²) in [6.45, 7) is 11.0. The fourth-order valence-electron chi connectivity index (χ4n) is 3.80. The van der Waals surface area contributed by atoms with Gasteiger partial charge in [0.1, 0.15) is 0 Å². The lowest BCUT2D eigenvalue weighted by Crippen LogP contribution is -2.05. The molecule has 0 fully saturated rings. The predicted octanol–water partition coefficient (Wildman–Crippen LogP) is 7.67. The lowest BCUT2D eigenvalue weighted by Gasteiger charge is -2.20. The number of nitrogens with zero attached hydrogens (tertiary/aromatic N) is 1. The fourth-order valence-corrected chi connectivity index (χ4v) is 3.80. The van der Waals surface area contributed by atoms with Gasteiger partial charge in [0, 0.05) is 17.0 Å². The molecule has 2 aromatic rings. The van der Waals surface area contributed by atoms with E-state index in [0.29, 0.717) is 11.8 Å². The molecular formula is C24H35N. The van der Waals surface area contributed by atoms with Gasteiger partial charge in [-0.1, -0.05) is 75.9 Å². The molecule has 0 aliphatic carbocycles. The number of para-hydroxylation sites is 1. The van der Waals surface area contributed by atoms with Gasteiger partial charge in [-0.25, -0.2) is 0 Å². The quantitative estimate of drug-likeness (QED) is 0.383. The molecule has 2 atom stereocenters. The Hall–Kier alpha value is -1.63. The average molecular weight is 338 g/mol. The van der Waals surface area contributed by atoms with Gasteiger partial charge in [0.2, 0.25) is 0 Å². The Morgan fingerprint density at radius 1 is 0.920 bits per heavy atom. The lowest BCUT2D eigenvalue weighted by atomic mass is 9.87. The summed E-state index contributed by atoms with van der Waals surface area (Å²) < 4.78 is 0. The van der Waals surface area contributed by atoms with Crippen molar-refractivity contribution in [1.29, 1.82) is 0 Å². The highest BCUT2D eigenvalue weighted by Gasteiger charge is 2.15. The van der Waals surface area contributed by atoms with E-state index in [1.807, 2.05) is 0 Å².